The molecule has 26 heavy (non-hydrogen) atoms. The molecule has 2 unspecified atom stereocenters. The molecule has 0 fully saturated rings. The first-order valence-corrected chi connectivity index (χ1v) is 10.0. The summed E-state index contributed by atoms with van der Waals surface area (Å²) in [7, 11) is 0. The largest absolute Gasteiger partial charge is 0.465 e. The fourth-order valence-electron chi connectivity index (χ4n) is 3.24. The summed E-state index contributed by atoms with van der Waals surface area (Å²) in [6.45, 7) is 13.4. The molecule has 2 nitrogen and oxygen atoms in total. The summed E-state index contributed by atoms with van der Waals surface area (Å²) in [4.78, 5) is 0. The van der Waals surface area contributed by atoms with Crippen molar-refractivity contribution in [2.75, 3.05) is 0 Å². The SMILES string of the molecule is CC(C)(C)c1cc2c(c(C(C)(C)C)c1)OC(C#N)SC2c1ccccc1. The summed E-state index contributed by atoms with van der Waals surface area (Å²) in [5.74, 6) is 0.893. The Morgan fingerprint density at radius 2 is 1.62 bits per heavy atom. The van der Waals surface area contributed by atoms with Crippen LogP contribution in [0, 0.1) is 11.3 Å². The van der Waals surface area contributed by atoms with Gasteiger partial charge in [0.2, 0.25) is 5.44 Å². The van der Waals surface area contributed by atoms with Crippen LogP contribution in [0.3, 0.4) is 0 Å². The molecule has 136 valence electrons. The standard InChI is InChI=1S/C23H27NOS/c1-22(2,3)16-12-17-20(18(13-16)23(4,5)6)25-19(14-24)26-21(17)15-10-8-7-9-11-15/h7-13,19,21H,1-6H3. The van der Waals surface area contributed by atoms with Gasteiger partial charge in [0.25, 0.3) is 0 Å². The monoisotopic (exact) mass is 365 g/mol. The summed E-state index contributed by atoms with van der Waals surface area (Å²) in [6.07, 6.45) is 0. The van der Waals surface area contributed by atoms with Crippen molar-refractivity contribution in [3.05, 3.63) is 64.7 Å². The van der Waals surface area contributed by atoms with Crippen LogP contribution >= 0.6 is 11.8 Å². The highest BCUT2D eigenvalue weighted by molar-refractivity contribution is 8.00. The number of thioether (sulfide) groups is 1. The van der Waals surface area contributed by atoms with Gasteiger partial charge in [-0.05, 0) is 22.0 Å². The van der Waals surface area contributed by atoms with E-state index in [-0.39, 0.29) is 16.1 Å². The van der Waals surface area contributed by atoms with Crippen LogP contribution in [0.5, 0.6) is 5.75 Å². The van der Waals surface area contributed by atoms with Crippen molar-refractivity contribution in [1.82, 2.24) is 0 Å². The minimum Gasteiger partial charge on any atom is -0.465 e. The summed E-state index contributed by atoms with van der Waals surface area (Å²) < 4.78 is 6.16. The van der Waals surface area contributed by atoms with E-state index in [1.54, 1.807) is 11.8 Å². The molecular weight excluding hydrogens is 338 g/mol. The highest BCUT2D eigenvalue weighted by Crippen LogP contribution is 2.51. The lowest BCUT2D eigenvalue weighted by molar-refractivity contribution is 0.317. The minimum atomic E-state index is -0.491. The molecule has 0 bridgehead atoms. The van der Waals surface area contributed by atoms with Crippen LogP contribution in [-0.2, 0) is 10.8 Å². The van der Waals surface area contributed by atoms with Crippen LogP contribution in [0.4, 0.5) is 0 Å². The van der Waals surface area contributed by atoms with Gasteiger partial charge in [-0.1, -0.05) is 95.8 Å². The first kappa shape index (κ1) is 18.9. The van der Waals surface area contributed by atoms with E-state index in [2.05, 4.69) is 84.0 Å². The Kier molecular flexibility index (Phi) is 4.84. The highest BCUT2D eigenvalue weighted by atomic mass is 32.2. The summed E-state index contributed by atoms with van der Waals surface area (Å²) >= 11 is 1.58. The van der Waals surface area contributed by atoms with Crippen molar-refractivity contribution in [2.24, 2.45) is 0 Å². The fraction of sp³-hybridized carbons (Fsp3) is 0.435. The fourth-order valence-corrected chi connectivity index (χ4v) is 4.34. The molecule has 0 aromatic heterocycles. The van der Waals surface area contributed by atoms with Crippen molar-refractivity contribution in [3.8, 4) is 11.8 Å². The third-order valence-electron chi connectivity index (χ3n) is 4.77. The Morgan fingerprint density at radius 1 is 0.962 bits per heavy atom. The highest BCUT2D eigenvalue weighted by Gasteiger charge is 2.35. The lowest BCUT2D eigenvalue weighted by atomic mass is 9.78. The predicted molar refractivity (Wildman–Crippen MR) is 110 cm³/mol. The van der Waals surface area contributed by atoms with Crippen LogP contribution in [-0.4, -0.2) is 5.44 Å². The molecule has 0 aliphatic carbocycles. The molecule has 0 radical (unpaired) electrons. The maximum Gasteiger partial charge on any atom is 0.231 e. The molecule has 0 spiro atoms. The Morgan fingerprint density at radius 3 is 2.15 bits per heavy atom. The molecule has 2 aromatic rings. The molecule has 3 heteroatoms. The first-order chi connectivity index (χ1) is 12.1. The number of nitriles is 1. The molecule has 1 aliphatic rings. The van der Waals surface area contributed by atoms with E-state index in [1.807, 2.05) is 6.07 Å². The van der Waals surface area contributed by atoms with Crippen LogP contribution in [0.25, 0.3) is 0 Å². The van der Waals surface area contributed by atoms with Crippen LogP contribution in [0.15, 0.2) is 42.5 Å². The average Bonchev–Trinajstić information content (AvgIpc) is 2.58. The molecule has 0 saturated carbocycles. The Hall–Kier alpha value is -1.92. The number of benzene rings is 2. The van der Waals surface area contributed by atoms with Gasteiger partial charge in [0.05, 0.1) is 5.25 Å². The number of fused-ring (bicyclic) bond motifs is 1. The van der Waals surface area contributed by atoms with Gasteiger partial charge in [0, 0.05) is 11.1 Å². The van der Waals surface area contributed by atoms with Gasteiger partial charge in [-0.25, -0.2) is 0 Å². The van der Waals surface area contributed by atoms with Gasteiger partial charge in [-0.15, -0.1) is 0 Å². The second kappa shape index (κ2) is 6.67. The lowest BCUT2D eigenvalue weighted by Crippen LogP contribution is -2.25. The Labute approximate surface area is 161 Å². The van der Waals surface area contributed by atoms with Crippen molar-refractivity contribution in [2.45, 2.75) is 63.1 Å². The molecule has 1 aliphatic heterocycles. The molecule has 3 rings (SSSR count). The van der Waals surface area contributed by atoms with Gasteiger partial charge < -0.3 is 4.74 Å². The number of hydrogen-bond donors (Lipinski definition) is 0. The van der Waals surface area contributed by atoms with Gasteiger partial charge >= 0.3 is 0 Å². The van der Waals surface area contributed by atoms with Gasteiger partial charge in [-0.2, -0.15) is 5.26 Å². The van der Waals surface area contributed by atoms with Crippen molar-refractivity contribution in [1.29, 1.82) is 5.26 Å². The van der Waals surface area contributed by atoms with E-state index in [1.165, 1.54) is 22.3 Å². The van der Waals surface area contributed by atoms with Gasteiger partial charge in [0.1, 0.15) is 11.8 Å². The average molecular weight is 366 g/mol. The molecule has 2 aromatic carbocycles. The lowest BCUT2D eigenvalue weighted by Gasteiger charge is -2.35. The zero-order valence-corrected chi connectivity index (χ0v) is 17.3. The normalized spacial score (nSPS) is 20.0. The van der Waals surface area contributed by atoms with E-state index < -0.39 is 5.44 Å². The summed E-state index contributed by atoms with van der Waals surface area (Å²) in [6, 6.07) is 17.3. The smallest absolute Gasteiger partial charge is 0.231 e. The second-order valence-corrected chi connectivity index (χ2v) is 10.1. The van der Waals surface area contributed by atoms with Gasteiger partial charge in [-0.3, -0.25) is 0 Å². The summed E-state index contributed by atoms with van der Waals surface area (Å²) in [5.41, 5.74) is 4.39. The molecule has 0 amide bonds. The van der Waals surface area contributed by atoms with E-state index in [9.17, 15) is 5.26 Å². The van der Waals surface area contributed by atoms with Crippen LogP contribution in [0.2, 0.25) is 0 Å². The molecule has 0 N–H and O–H groups in total. The number of rotatable bonds is 1. The molecule has 1 heterocycles. The van der Waals surface area contributed by atoms with E-state index in [0.29, 0.717) is 0 Å². The zero-order chi connectivity index (χ0) is 19.1. The van der Waals surface area contributed by atoms with E-state index in [0.717, 1.165) is 5.75 Å². The Balaban J connectivity index is 2.28. The molecule has 0 saturated heterocycles. The maximum absolute atomic E-state index is 9.56. The van der Waals surface area contributed by atoms with Gasteiger partial charge in [0.15, 0.2) is 0 Å². The number of ether oxygens (including phenoxy) is 1. The summed E-state index contributed by atoms with van der Waals surface area (Å²) in [5, 5.41) is 9.67. The minimum absolute atomic E-state index is 0.0486. The predicted octanol–water partition coefficient (Wildman–Crippen LogP) is 6.35. The van der Waals surface area contributed by atoms with Crippen LogP contribution < -0.4 is 4.74 Å². The third-order valence-corrected chi connectivity index (χ3v) is 6.01. The van der Waals surface area contributed by atoms with E-state index in [4.69, 9.17) is 4.74 Å². The molecular formula is C23H27NOS. The van der Waals surface area contributed by atoms with E-state index >= 15 is 0 Å². The molecule has 2 atom stereocenters. The Bertz CT molecular complexity index is 837. The number of hydrogen-bond acceptors (Lipinski definition) is 3. The third kappa shape index (κ3) is 3.62. The van der Waals surface area contributed by atoms with Crippen molar-refractivity contribution < 1.29 is 4.74 Å². The maximum atomic E-state index is 9.56. The quantitative estimate of drug-likeness (QED) is 0.590. The van der Waals surface area contributed by atoms with Crippen molar-refractivity contribution >= 4 is 11.8 Å². The topological polar surface area (TPSA) is 33.0 Å². The zero-order valence-electron chi connectivity index (χ0n) is 16.5. The second-order valence-electron chi connectivity index (χ2n) is 8.95. The number of nitrogens with zero attached hydrogens (tertiary/aromatic N) is 1. The van der Waals surface area contributed by atoms with Crippen LogP contribution in [0.1, 0.15) is 69.0 Å². The first-order valence-electron chi connectivity index (χ1n) is 9.07. The van der Waals surface area contributed by atoms with Crippen molar-refractivity contribution in [3.63, 3.8) is 0 Å².